The van der Waals surface area contributed by atoms with Crippen LogP contribution in [-0.2, 0) is 9.59 Å². The van der Waals surface area contributed by atoms with Crippen molar-refractivity contribution in [1.29, 1.82) is 0 Å². The summed E-state index contributed by atoms with van der Waals surface area (Å²) in [5, 5.41) is 3.27. The van der Waals surface area contributed by atoms with Crippen LogP contribution in [0.4, 0.5) is 10.1 Å². The van der Waals surface area contributed by atoms with E-state index in [1.54, 1.807) is 12.2 Å². The second kappa shape index (κ2) is 8.81. The van der Waals surface area contributed by atoms with Crippen molar-refractivity contribution in [3.8, 4) is 0 Å². The van der Waals surface area contributed by atoms with Crippen molar-refractivity contribution in [2.45, 2.75) is 0 Å². The largest absolute Gasteiger partial charge is 0.325 e. The van der Waals surface area contributed by atoms with E-state index in [1.165, 1.54) is 24.3 Å². The summed E-state index contributed by atoms with van der Waals surface area (Å²) in [6.45, 7) is 0. The number of nitrogens with one attached hydrogen (secondary N) is 1. The number of carbonyl (C=O) groups excluding carboxylic acids is 2. The third kappa shape index (κ3) is 4.45. The molecule has 0 bridgehead atoms. The predicted octanol–water partition coefficient (Wildman–Crippen LogP) is 5.20. The SMILES string of the molecule is O=C(CSC1=C(c2ccccc2)C2C=C(Cl)C=CC2=NC1=O)Nc1ccc(F)cc1. The van der Waals surface area contributed by atoms with Crippen LogP contribution in [0.15, 0.2) is 87.8 Å². The van der Waals surface area contributed by atoms with E-state index in [0.29, 0.717) is 21.3 Å². The first kappa shape index (κ1) is 20.3. The number of allylic oxidation sites excluding steroid dienone is 5. The fraction of sp³-hybridized carbons (Fsp3) is 0.0870. The summed E-state index contributed by atoms with van der Waals surface area (Å²) in [7, 11) is 0. The van der Waals surface area contributed by atoms with Crippen molar-refractivity contribution in [2.24, 2.45) is 10.9 Å². The molecular weight excluding hydrogens is 423 g/mol. The molecule has 0 saturated carbocycles. The lowest BCUT2D eigenvalue weighted by Gasteiger charge is -2.26. The lowest BCUT2D eigenvalue weighted by atomic mass is 9.84. The second-order valence-electron chi connectivity index (χ2n) is 6.66. The molecule has 2 aromatic rings. The molecule has 150 valence electrons. The molecule has 30 heavy (non-hydrogen) atoms. The van der Waals surface area contributed by atoms with E-state index in [2.05, 4.69) is 10.3 Å². The first-order chi connectivity index (χ1) is 14.5. The molecule has 1 atom stereocenters. The van der Waals surface area contributed by atoms with Crippen LogP contribution in [-0.4, -0.2) is 23.3 Å². The summed E-state index contributed by atoms with van der Waals surface area (Å²) in [5.74, 6) is -1.30. The topological polar surface area (TPSA) is 58.5 Å². The smallest absolute Gasteiger partial charge is 0.284 e. The zero-order chi connectivity index (χ0) is 21.1. The molecule has 4 nitrogen and oxygen atoms in total. The lowest BCUT2D eigenvalue weighted by Crippen LogP contribution is -2.24. The number of nitrogens with zero attached hydrogens (tertiary/aromatic N) is 1. The molecule has 0 spiro atoms. The number of amides is 2. The van der Waals surface area contributed by atoms with Gasteiger partial charge in [-0.25, -0.2) is 9.38 Å². The average molecular weight is 439 g/mol. The number of hydrogen-bond donors (Lipinski definition) is 1. The summed E-state index contributed by atoms with van der Waals surface area (Å²) in [6.07, 6.45) is 5.31. The Morgan fingerprint density at radius 2 is 1.83 bits per heavy atom. The van der Waals surface area contributed by atoms with E-state index in [0.717, 1.165) is 22.9 Å². The number of thioether (sulfide) groups is 1. The zero-order valence-corrected chi connectivity index (χ0v) is 17.2. The molecule has 7 heteroatoms. The Labute approximate surface area is 182 Å². The quantitative estimate of drug-likeness (QED) is 0.698. The van der Waals surface area contributed by atoms with Crippen molar-refractivity contribution in [3.63, 3.8) is 0 Å². The van der Waals surface area contributed by atoms with Gasteiger partial charge in [-0.05, 0) is 47.6 Å². The fourth-order valence-corrected chi connectivity index (χ4v) is 4.37. The van der Waals surface area contributed by atoms with Gasteiger partial charge in [0.2, 0.25) is 5.91 Å². The number of anilines is 1. The zero-order valence-electron chi connectivity index (χ0n) is 15.6. The first-order valence-corrected chi connectivity index (χ1v) is 10.5. The van der Waals surface area contributed by atoms with E-state index in [4.69, 9.17) is 11.6 Å². The van der Waals surface area contributed by atoms with E-state index in [-0.39, 0.29) is 29.3 Å². The van der Waals surface area contributed by atoms with Crippen LogP contribution in [0, 0.1) is 11.7 Å². The standard InChI is InChI=1S/C23H16ClFN2O2S/c24-15-6-11-19-18(12-15)21(14-4-2-1-3-5-14)22(23(29)27-19)30-13-20(28)26-17-9-7-16(25)8-10-17/h1-12,18H,13H2,(H,26,28). The normalized spacial score (nSPS) is 17.9. The van der Waals surface area contributed by atoms with Crippen LogP contribution < -0.4 is 5.32 Å². The number of aliphatic imine (C=N–C) groups is 1. The summed E-state index contributed by atoms with van der Waals surface area (Å²) < 4.78 is 13.0. The van der Waals surface area contributed by atoms with Gasteiger partial charge in [0.05, 0.1) is 16.4 Å². The Bertz CT molecular complexity index is 1120. The summed E-state index contributed by atoms with van der Waals surface area (Å²) >= 11 is 7.35. The van der Waals surface area contributed by atoms with Gasteiger partial charge in [0.25, 0.3) is 5.91 Å². The molecule has 1 aliphatic carbocycles. The van der Waals surface area contributed by atoms with Gasteiger partial charge in [0, 0.05) is 16.6 Å². The Balaban J connectivity index is 1.61. The summed E-state index contributed by atoms with van der Waals surface area (Å²) in [5.41, 5.74) is 2.78. The number of hydrogen-bond acceptors (Lipinski definition) is 3. The molecule has 2 amide bonds. The molecule has 2 aliphatic rings. The van der Waals surface area contributed by atoms with Crippen LogP contribution in [0.1, 0.15) is 5.56 Å². The Morgan fingerprint density at radius 3 is 2.57 bits per heavy atom. The maximum Gasteiger partial charge on any atom is 0.284 e. The lowest BCUT2D eigenvalue weighted by molar-refractivity contribution is -0.114. The molecule has 1 N–H and O–H groups in total. The van der Waals surface area contributed by atoms with Crippen molar-refractivity contribution in [3.05, 3.63) is 94.1 Å². The molecule has 4 rings (SSSR count). The van der Waals surface area contributed by atoms with Gasteiger partial charge < -0.3 is 5.32 Å². The number of carbonyl (C=O) groups is 2. The Hall–Kier alpha value is -2.96. The number of halogens is 2. The Kier molecular flexibility index (Phi) is 5.97. The highest BCUT2D eigenvalue weighted by Crippen LogP contribution is 2.40. The van der Waals surface area contributed by atoms with Crippen molar-refractivity contribution >= 4 is 52.1 Å². The van der Waals surface area contributed by atoms with Gasteiger partial charge in [0.1, 0.15) is 5.82 Å². The van der Waals surface area contributed by atoms with Crippen molar-refractivity contribution in [2.75, 3.05) is 11.1 Å². The van der Waals surface area contributed by atoms with Gasteiger partial charge in [0.15, 0.2) is 0 Å². The third-order valence-corrected chi connectivity index (χ3v) is 5.94. The van der Waals surface area contributed by atoms with Crippen molar-refractivity contribution in [1.82, 2.24) is 0 Å². The molecule has 0 fully saturated rings. The molecule has 1 aliphatic heterocycles. The van der Waals surface area contributed by atoms with Crippen LogP contribution in [0.5, 0.6) is 0 Å². The molecule has 0 saturated heterocycles. The second-order valence-corrected chi connectivity index (χ2v) is 8.08. The van der Waals surface area contributed by atoms with Crippen LogP contribution >= 0.6 is 23.4 Å². The maximum absolute atomic E-state index is 13.0. The Morgan fingerprint density at radius 1 is 1.10 bits per heavy atom. The van der Waals surface area contributed by atoms with Gasteiger partial charge >= 0.3 is 0 Å². The van der Waals surface area contributed by atoms with E-state index < -0.39 is 0 Å². The number of dihydropyridines is 1. The van der Waals surface area contributed by atoms with Gasteiger partial charge in [-0.1, -0.05) is 48.0 Å². The highest BCUT2D eigenvalue weighted by molar-refractivity contribution is 8.04. The molecule has 0 radical (unpaired) electrons. The average Bonchev–Trinajstić information content (AvgIpc) is 2.74. The number of fused-ring (bicyclic) bond motifs is 1. The minimum Gasteiger partial charge on any atom is -0.325 e. The van der Waals surface area contributed by atoms with Gasteiger partial charge in [-0.3, -0.25) is 9.59 Å². The maximum atomic E-state index is 13.0. The molecule has 2 aromatic carbocycles. The fourth-order valence-electron chi connectivity index (χ4n) is 3.27. The summed E-state index contributed by atoms with van der Waals surface area (Å²) in [6, 6.07) is 15.0. The van der Waals surface area contributed by atoms with Gasteiger partial charge in [-0.15, -0.1) is 11.8 Å². The van der Waals surface area contributed by atoms with E-state index in [9.17, 15) is 14.0 Å². The van der Waals surface area contributed by atoms with Crippen LogP contribution in [0.2, 0.25) is 0 Å². The first-order valence-electron chi connectivity index (χ1n) is 9.17. The van der Waals surface area contributed by atoms with Crippen LogP contribution in [0.3, 0.4) is 0 Å². The minimum atomic E-state index is -0.380. The van der Waals surface area contributed by atoms with Crippen LogP contribution in [0.25, 0.3) is 5.57 Å². The molecule has 1 unspecified atom stereocenters. The van der Waals surface area contributed by atoms with E-state index in [1.807, 2.05) is 36.4 Å². The molecular formula is C23H16ClFN2O2S. The van der Waals surface area contributed by atoms with E-state index >= 15 is 0 Å². The monoisotopic (exact) mass is 438 g/mol. The van der Waals surface area contributed by atoms with Gasteiger partial charge in [-0.2, -0.15) is 0 Å². The molecule has 0 aromatic heterocycles. The highest BCUT2D eigenvalue weighted by atomic mass is 35.5. The third-order valence-electron chi connectivity index (χ3n) is 4.60. The summed E-state index contributed by atoms with van der Waals surface area (Å²) in [4.78, 5) is 29.8. The predicted molar refractivity (Wildman–Crippen MR) is 120 cm³/mol. The minimum absolute atomic E-state index is 0.0135. The molecule has 1 heterocycles. The number of benzene rings is 2. The van der Waals surface area contributed by atoms with Crippen molar-refractivity contribution < 1.29 is 14.0 Å². The highest BCUT2D eigenvalue weighted by Gasteiger charge is 2.32. The number of rotatable bonds is 5.